The Kier molecular flexibility index (Phi) is 5.99. The molecule has 1 saturated heterocycles. The van der Waals surface area contributed by atoms with E-state index in [2.05, 4.69) is 15.5 Å². The fourth-order valence-corrected chi connectivity index (χ4v) is 4.28. The van der Waals surface area contributed by atoms with Gasteiger partial charge < -0.3 is 20.7 Å². The molecule has 0 saturated carbocycles. The number of anilines is 2. The van der Waals surface area contributed by atoms with Crippen molar-refractivity contribution in [3.8, 4) is 11.4 Å². The van der Waals surface area contributed by atoms with Gasteiger partial charge in [-0.15, -0.1) is 0 Å². The highest BCUT2D eigenvalue weighted by Gasteiger charge is 2.46. The van der Waals surface area contributed by atoms with E-state index in [1.165, 1.54) is 24.3 Å². The van der Waals surface area contributed by atoms with Crippen molar-refractivity contribution in [1.82, 2.24) is 19.9 Å². The monoisotopic (exact) mass is 468 g/mol. The molecule has 3 N–H and O–H groups in total. The van der Waals surface area contributed by atoms with Crippen LogP contribution in [0.3, 0.4) is 0 Å². The number of halogens is 1. The lowest BCUT2D eigenvalue weighted by molar-refractivity contribution is -0.124. The topological polar surface area (TPSA) is 115 Å². The number of ether oxygens (including phenoxy) is 1. The molecule has 2 amide bonds. The number of hydrogen-bond donors (Lipinski definition) is 2. The van der Waals surface area contributed by atoms with E-state index in [4.69, 9.17) is 22.1 Å². The minimum absolute atomic E-state index is 0.320. The molecule has 1 fully saturated rings. The van der Waals surface area contributed by atoms with Crippen molar-refractivity contribution in [2.24, 2.45) is 0 Å². The summed E-state index contributed by atoms with van der Waals surface area (Å²) in [7, 11) is 1.53. The predicted molar refractivity (Wildman–Crippen MR) is 126 cm³/mol. The van der Waals surface area contributed by atoms with Crippen LogP contribution in [0, 0.1) is 6.92 Å². The number of nitrogens with one attached hydrogen (secondary N) is 1. The van der Waals surface area contributed by atoms with Gasteiger partial charge in [-0.2, -0.15) is 15.0 Å². The summed E-state index contributed by atoms with van der Waals surface area (Å²) in [4.78, 5) is 30.2. The van der Waals surface area contributed by atoms with Crippen LogP contribution >= 0.6 is 11.6 Å². The Morgan fingerprint density at radius 1 is 1.21 bits per heavy atom. The molecule has 33 heavy (non-hydrogen) atoms. The molecule has 1 aliphatic rings. The second-order valence-corrected chi connectivity index (χ2v) is 8.55. The van der Waals surface area contributed by atoms with Crippen LogP contribution in [0.5, 0.6) is 5.75 Å². The number of nitrogens with two attached hydrogens (primary N) is 1. The summed E-state index contributed by atoms with van der Waals surface area (Å²) in [5.74, 6) is -0.159. The van der Waals surface area contributed by atoms with Gasteiger partial charge in [-0.1, -0.05) is 17.7 Å². The molecule has 1 aliphatic heterocycles. The second-order valence-electron chi connectivity index (χ2n) is 8.14. The van der Waals surface area contributed by atoms with E-state index >= 15 is 0 Å². The van der Waals surface area contributed by atoms with E-state index in [9.17, 15) is 9.59 Å². The van der Waals surface area contributed by atoms with Gasteiger partial charge in [-0.25, -0.2) is 0 Å². The van der Waals surface area contributed by atoms with Gasteiger partial charge in [-0.05, 0) is 56.5 Å². The third-order valence-corrected chi connectivity index (χ3v) is 6.41. The molecule has 0 unspecified atom stereocenters. The Bertz CT molecular complexity index is 1210. The molecule has 1 atom stereocenters. The van der Waals surface area contributed by atoms with Crippen LogP contribution in [0.25, 0.3) is 5.69 Å². The van der Waals surface area contributed by atoms with Gasteiger partial charge in [0.05, 0.1) is 47.2 Å². The zero-order chi connectivity index (χ0) is 23.8. The number of likely N-dealkylation sites (tertiary alicyclic amines) is 1. The average Bonchev–Trinajstić information content (AvgIpc) is 3.49. The summed E-state index contributed by atoms with van der Waals surface area (Å²) in [5.41, 5.74) is 7.43. The van der Waals surface area contributed by atoms with Crippen LogP contribution in [-0.4, -0.2) is 50.9 Å². The highest BCUT2D eigenvalue weighted by molar-refractivity contribution is 6.34. The number of hydrogen-bond acceptors (Lipinski definition) is 6. The van der Waals surface area contributed by atoms with E-state index in [1.807, 2.05) is 6.92 Å². The van der Waals surface area contributed by atoms with Gasteiger partial charge in [0.2, 0.25) is 5.91 Å². The SMILES string of the molecule is COc1ccc(-n2nccn2)c(C(=O)N2CCC[C@@]2(C)C(=O)Nc2c(Cl)ccc(C)c2N)c1. The van der Waals surface area contributed by atoms with Gasteiger partial charge in [0.15, 0.2) is 0 Å². The number of methoxy groups -OCH3 is 1. The van der Waals surface area contributed by atoms with E-state index in [1.54, 1.807) is 42.2 Å². The Balaban J connectivity index is 1.69. The van der Waals surface area contributed by atoms with Gasteiger partial charge >= 0.3 is 0 Å². The van der Waals surface area contributed by atoms with E-state index in [0.717, 1.165) is 5.56 Å². The zero-order valence-corrected chi connectivity index (χ0v) is 19.4. The van der Waals surface area contributed by atoms with E-state index < -0.39 is 5.54 Å². The molecular formula is C23H25ClN6O3. The third kappa shape index (κ3) is 4.00. The summed E-state index contributed by atoms with van der Waals surface area (Å²) in [6, 6.07) is 8.55. The Labute approximate surface area is 196 Å². The number of nitrogen functional groups attached to an aromatic ring is 1. The van der Waals surface area contributed by atoms with Crippen molar-refractivity contribution in [3.05, 3.63) is 58.9 Å². The molecule has 2 aromatic carbocycles. The average molecular weight is 469 g/mol. The van der Waals surface area contributed by atoms with E-state index in [0.29, 0.717) is 52.8 Å². The van der Waals surface area contributed by atoms with Crippen molar-refractivity contribution in [1.29, 1.82) is 0 Å². The first-order chi connectivity index (χ1) is 15.8. The highest BCUT2D eigenvalue weighted by atomic mass is 35.5. The molecule has 3 aromatic rings. The molecule has 0 radical (unpaired) electrons. The number of aryl methyl sites for hydroxylation is 1. The zero-order valence-electron chi connectivity index (χ0n) is 18.6. The maximum atomic E-state index is 13.8. The van der Waals surface area contributed by atoms with Crippen LogP contribution < -0.4 is 15.8 Å². The first-order valence-electron chi connectivity index (χ1n) is 10.5. The molecule has 2 heterocycles. The summed E-state index contributed by atoms with van der Waals surface area (Å²) in [6.07, 6.45) is 4.23. The van der Waals surface area contributed by atoms with Crippen LogP contribution in [0.15, 0.2) is 42.7 Å². The summed E-state index contributed by atoms with van der Waals surface area (Å²) in [5, 5.41) is 11.5. The van der Waals surface area contributed by atoms with Crippen molar-refractivity contribution in [3.63, 3.8) is 0 Å². The van der Waals surface area contributed by atoms with Crippen molar-refractivity contribution >= 4 is 34.8 Å². The minimum atomic E-state index is -1.10. The molecular weight excluding hydrogens is 444 g/mol. The quantitative estimate of drug-likeness (QED) is 0.554. The first-order valence-corrected chi connectivity index (χ1v) is 10.9. The number of nitrogens with zero attached hydrogens (tertiary/aromatic N) is 4. The van der Waals surface area contributed by atoms with Crippen LogP contribution in [-0.2, 0) is 4.79 Å². The lowest BCUT2D eigenvalue weighted by Gasteiger charge is -2.34. The van der Waals surface area contributed by atoms with Gasteiger partial charge in [0.1, 0.15) is 11.3 Å². The maximum absolute atomic E-state index is 13.8. The number of carbonyl (C=O) groups is 2. The summed E-state index contributed by atoms with van der Waals surface area (Å²) >= 11 is 6.30. The summed E-state index contributed by atoms with van der Waals surface area (Å²) < 4.78 is 5.33. The third-order valence-electron chi connectivity index (χ3n) is 6.09. The molecule has 9 nitrogen and oxygen atoms in total. The molecule has 172 valence electrons. The standard InChI is InChI=1S/C23H25ClN6O3/c1-14-5-7-17(24)20(19(14)25)28-22(32)23(2)9-4-12-29(23)21(31)16-13-15(33-3)6-8-18(16)30-26-10-11-27-30/h5-8,10-11,13H,4,9,12,25H2,1-3H3,(H,28,32)/t23-/m0/s1. The highest BCUT2D eigenvalue weighted by Crippen LogP contribution is 2.36. The molecule has 0 spiro atoms. The molecule has 1 aromatic heterocycles. The molecule has 10 heteroatoms. The second kappa shape index (κ2) is 8.74. The minimum Gasteiger partial charge on any atom is -0.497 e. The van der Waals surface area contributed by atoms with Crippen LogP contribution in [0.1, 0.15) is 35.7 Å². The Hall–Kier alpha value is -3.59. The Morgan fingerprint density at radius 2 is 1.94 bits per heavy atom. The fraction of sp³-hybridized carbons (Fsp3) is 0.304. The molecule has 0 bridgehead atoms. The van der Waals surface area contributed by atoms with Crippen molar-refractivity contribution in [2.75, 3.05) is 24.7 Å². The summed E-state index contributed by atoms with van der Waals surface area (Å²) in [6.45, 7) is 4.00. The molecule has 4 rings (SSSR count). The van der Waals surface area contributed by atoms with Gasteiger partial charge in [0, 0.05) is 6.54 Å². The lowest BCUT2D eigenvalue weighted by Crippen LogP contribution is -2.53. The number of aromatic nitrogens is 3. The number of benzene rings is 2. The van der Waals surface area contributed by atoms with Gasteiger partial charge in [-0.3, -0.25) is 9.59 Å². The largest absolute Gasteiger partial charge is 0.497 e. The van der Waals surface area contributed by atoms with Crippen molar-refractivity contribution in [2.45, 2.75) is 32.2 Å². The van der Waals surface area contributed by atoms with Gasteiger partial charge in [0.25, 0.3) is 5.91 Å². The maximum Gasteiger partial charge on any atom is 0.257 e. The van der Waals surface area contributed by atoms with Crippen LogP contribution in [0.4, 0.5) is 11.4 Å². The Morgan fingerprint density at radius 3 is 2.64 bits per heavy atom. The van der Waals surface area contributed by atoms with E-state index in [-0.39, 0.29) is 11.8 Å². The fourth-order valence-electron chi connectivity index (χ4n) is 4.07. The molecule has 0 aliphatic carbocycles. The van der Waals surface area contributed by atoms with Crippen molar-refractivity contribution < 1.29 is 14.3 Å². The predicted octanol–water partition coefficient (Wildman–Crippen LogP) is 3.45. The number of amides is 2. The number of carbonyl (C=O) groups excluding carboxylic acids is 2. The smallest absolute Gasteiger partial charge is 0.257 e. The lowest BCUT2D eigenvalue weighted by atomic mass is 9.96. The van der Waals surface area contributed by atoms with Crippen LogP contribution in [0.2, 0.25) is 5.02 Å². The number of rotatable bonds is 5. The normalized spacial score (nSPS) is 17.8. The first kappa shape index (κ1) is 22.6.